The summed E-state index contributed by atoms with van der Waals surface area (Å²) >= 11 is 1.67. The maximum atomic E-state index is 13.4. The monoisotopic (exact) mass is 433 g/mol. The number of ketones is 1. The minimum absolute atomic E-state index is 0.117. The summed E-state index contributed by atoms with van der Waals surface area (Å²) in [7, 11) is 0. The second-order valence-electron chi connectivity index (χ2n) is 8.37. The van der Waals surface area contributed by atoms with Gasteiger partial charge < -0.3 is 10.6 Å². The number of aromatic nitrogens is 1. The molecule has 160 valence electrons. The molecular weight excluding hydrogens is 406 g/mol. The third-order valence-corrected chi connectivity index (χ3v) is 6.62. The van der Waals surface area contributed by atoms with Gasteiger partial charge >= 0.3 is 0 Å². The third kappa shape index (κ3) is 4.30. The molecule has 0 radical (unpaired) electrons. The van der Waals surface area contributed by atoms with E-state index in [4.69, 9.17) is 0 Å². The van der Waals surface area contributed by atoms with Crippen LogP contribution in [-0.2, 0) is 9.59 Å². The summed E-state index contributed by atoms with van der Waals surface area (Å²) in [6, 6.07) is 11.9. The van der Waals surface area contributed by atoms with E-state index in [-0.39, 0.29) is 11.7 Å². The number of nitrogens with one attached hydrogen (secondary N) is 2. The van der Waals surface area contributed by atoms with Crippen LogP contribution in [0.15, 0.2) is 70.0 Å². The van der Waals surface area contributed by atoms with Crippen LogP contribution in [0.2, 0.25) is 0 Å². The van der Waals surface area contributed by atoms with Crippen molar-refractivity contribution in [3.8, 4) is 0 Å². The average Bonchev–Trinajstić information content (AvgIpc) is 2.74. The lowest BCUT2D eigenvalue weighted by molar-refractivity contribution is -0.117. The second-order valence-corrected chi connectivity index (χ2v) is 9.25. The second kappa shape index (κ2) is 8.71. The molecule has 0 bridgehead atoms. The number of nitrogens with zero attached hydrogens (tertiary/aromatic N) is 1. The molecule has 2 aliphatic rings. The standard InChI is InChI=1S/C25H27N3O2S/c1-14-5-10-21(26-13-14)28-25(30)22-16(3)27-19-11-15(2)12-20(29)24(19)23(22)17-6-8-18(31-4)9-7-17/h5-10,13,15,23,27H,11-12H2,1-4H3,(H,26,28,30)/t15-,23+/m1/s1. The lowest BCUT2D eigenvalue weighted by atomic mass is 9.73. The number of dihydropyridines is 1. The van der Waals surface area contributed by atoms with Crippen molar-refractivity contribution in [1.29, 1.82) is 0 Å². The largest absolute Gasteiger partial charge is 0.362 e. The van der Waals surface area contributed by atoms with Crippen LogP contribution in [0.1, 0.15) is 43.7 Å². The minimum Gasteiger partial charge on any atom is -0.362 e. The van der Waals surface area contributed by atoms with Gasteiger partial charge in [-0.2, -0.15) is 0 Å². The van der Waals surface area contributed by atoms with E-state index in [0.29, 0.717) is 23.7 Å². The molecule has 1 aromatic heterocycles. The maximum Gasteiger partial charge on any atom is 0.255 e. The van der Waals surface area contributed by atoms with Gasteiger partial charge in [0.25, 0.3) is 5.91 Å². The lowest BCUT2D eigenvalue weighted by Crippen LogP contribution is -2.37. The van der Waals surface area contributed by atoms with E-state index in [0.717, 1.165) is 39.4 Å². The van der Waals surface area contributed by atoms with Crippen molar-refractivity contribution >= 4 is 29.3 Å². The molecule has 1 amide bonds. The van der Waals surface area contributed by atoms with E-state index in [9.17, 15) is 9.59 Å². The Morgan fingerprint density at radius 2 is 1.87 bits per heavy atom. The molecule has 0 saturated heterocycles. The Morgan fingerprint density at radius 1 is 1.13 bits per heavy atom. The summed E-state index contributed by atoms with van der Waals surface area (Å²) in [5.41, 5.74) is 5.00. The molecular formula is C25H27N3O2S. The average molecular weight is 434 g/mol. The Labute approximate surface area is 187 Å². The van der Waals surface area contributed by atoms with Crippen molar-refractivity contribution in [2.75, 3.05) is 11.6 Å². The number of carbonyl (C=O) groups excluding carboxylic acids is 2. The Morgan fingerprint density at radius 3 is 2.52 bits per heavy atom. The molecule has 0 saturated carbocycles. The first-order valence-corrected chi connectivity index (χ1v) is 11.7. The summed E-state index contributed by atoms with van der Waals surface area (Å²) in [5, 5.41) is 6.31. The number of aryl methyl sites for hydroxylation is 1. The smallest absolute Gasteiger partial charge is 0.255 e. The highest BCUT2D eigenvalue weighted by atomic mass is 32.2. The van der Waals surface area contributed by atoms with Crippen LogP contribution < -0.4 is 10.6 Å². The molecule has 1 aromatic carbocycles. The van der Waals surface area contributed by atoms with Crippen LogP contribution in [0.25, 0.3) is 0 Å². The lowest BCUT2D eigenvalue weighted by Gasteiger charge is -2.36. The number of benzene rings is 1. The number of hydrogen-bond acceptors (Lipinski definition) is 5. The molecule has 1 aliphatic carbocycles. The van der Waals surface area contributed by atoms with E-state index < -0.39 is 5.92 Å². The van der Waals surface area contributed by atoms with Crippen LogP contribution in [0.5, 0.6) is 0 Å². The van der Waals surface area contributed by atoms with Crippen LogP contribution in [-0.4, -0.2) is 22.9 Å². The first-order valence-electron chi connectivity index (χ1n) is 10.5. The summed E-state index contributed by atoms with van der Waals surface area (Å²) in [6.45, 7) is 5.96. The molecule has 31 heavy (non-hydrogen) atoms. The first-order chi connectivity index (χ1) is 14.9. The van der Waals surface area contributed by atoms with Gasteiger partial charge in [-0.1, -0.05) is 25.1 Å². The highest BCUT2D eigenvalue weighted by molar-refractivity contribution is 7.98. The van der Waals surface area contributed by atoms with Crippen molar-refractivity contribution in [2.24, 2.45) is 5.92 Å². The van der Waals surface area contributed by atoms with Gasteiger partial charge in [0.2, 0.25) is 0 Å². The number of Topliss-reactive ketones (excluding diaryl/α,β-unsaturated/α-hetero) is 1. The summed E-state index contributed by atoms with van der Waals surface area (Å²) in [6.07, 6.45) is 5.07. The molecule has 0 fully saturated rings. The molecule has 0 unspecified atom stereocenters. The van der Waals surface area contributed by atoms with Gasteiger partial charge in [0, 0.05) is 46.0 Å². The fourth-order valence-corrected chi connectivity index (χ4v) is 4.80. The SMILES string of the molecule is CSc1ccc([C@H]2C(C(=O)Nc3ccc(C)cn3)=C(C)NC3=C2C(=O)C[C@H](C)C3)cc1. The zero-order valence-electron chi connectivity index (χ0n) is 18.3. The van der Waals surface area contributed by atoms with Gasteiger partial charge in [0.1, 0.15) is 5.82 Å². The quantitative estimate of drug-likeness (QED) is 0.667. The highest BCUT2D eigenvalue weighted by Crippen LogP contribution is 2.43. The molecule has 4 rings (SSSR count). The molecule has 2 aromatic rings. The van der Waals surface area contributed by atoms with Gasteiger partial charge in [0.15, 0.2) is 5.78 Å². The molecule has 5 nitrogen and oxygen atoms in total. The zero-order valence-corrected chi connectivity index (χ0v) is 19.1. The Hall–Kier alpha value is -2.86. The van der Waals surface area contributed by atoms with E-state index in [1.807, 2.05) is 50.4 Å². The number of pyridine rings is 1. The minimum atomic E-state index is -0.391. The third-order valence-electron chi connectivity index (χ3n) is 5.88. The van der Waals surface area contributed by atoms with E-state index in [1.165, 1.54) is 0 Å². The van der Waals surface area contributed by atoms with Crippen LogP contribution in [0.3, 0.4) is 0 Å². The molecule has 6 heteroatoms. The van der Waals surface area contributed by atoms with Gasteiger partial charge in [-0.05, 0) is 61.8 Å². The number of anilines is 1. The van der Waals surface area contributed by atoms with Crippen molar-refractivity contribution in [1.82, 2.24) is 10.3 Å². The van der Waals surface area contributed by atoms with Gasteiger partial charge in [-0.15, -0.1) is 11.8 Å². The molecule has 2 heterocycles. The van der Waals surface area contributed by atoms with E-state index >= 15 is 0 Å². The van der Waals surface area contributed by atoms with Gasteiger partial charge in [0.05, 0.1) is 0 Å². The topological polar surface area (TPSA) is 71.1 Å². The zero-order chi connectivity index (χ0) is 22.1. The van der Waals surface area contributed by atoms with Crippen LogP contribution in [0, 0.1) is 12.8 Å². The molecule has 2 N–H and O–H groups in total. The van der Waals surface area contributed by atoms with Crippen LogP contribution in [0.4, 0.5) is 5.82 Å². The van der Waals surface area contributed by atoms with Crippen molar-refractivity contribution in [3.05, 3.63) is 76.3 Å². The Bertz CT molecular complexity index is 1080. The predicted octanol–water partition coefficient (Wildman–Crippen LogP) is 4.96. The Balaban J connectivity index is 1.77. The number of amides is 1. The maximum absolute atomic E-state index is 13.4. The molecule has 1 aliphatic heterocycles. The fraction of sp³-hybridized carbons (Fsp3) is 0.320. The fourth-order valence-electron chi connectivity index (χ4n) is 4.39. The Kier molecular flexibility index (Phi) is 6.01. The van der Waals surface area contributed by atoms with Crippen molar-refractivity contribution < 1.29 is 9.59 Å². The number of thioether (sulfide) groups is 1. The summed E-state index contributed by atoms with van der Waals surface area (Å²) in [4.78, 5) is 32.0. The first kappa shape index (κ1) is 21.4. The number of allylic oxidation sites excluding steroid dienone is 3. The number of carbonyl (C=O) groups is 2. The molecule has 2 atom stereocenters. The van der Waals surface area contributed by atoms with E-state index in [1.54, 1.807) is 24.0 Å². The summed E-state index contributed by atoms with van der Waals surface area (Å²) in [5.74, 6) is 0.274. The van der Waals surface area contributed by atoms with Crippen LogP contribution >= 0.6 is 11.8 Å². The normalized spacial score (nSPS) is 21.0. The van der Waals surface area contributed by atoms with Gasteiger partial charge in [-0.25, -0.2) is 4.98 Å². The number of hydrogen-bond donors (Lipinski definition) is 2. The van der Waals surface area contributed by atoms with Crippen molar-refractivity contribution in [3.63, 3.8) is 0 Å². The summed E-state index contributed by atoms with van der Waals surface area (Å²) < 4.78 is 0. The van der Waals surface area contributed by atoms with E-state index in [2.05, 4.69) is 22.5 Å². The highest BCUT2D eigenvalue weighted by Gasteiger charge is 2.39. The number of rotatable bonds is 4. The predicted molar refractivity (Wildman–Crippen MR) is 125 cm³/mol. The van der Waals surface area contributed by atoms with Crippen molar-refractivity contribution in [2.45, 2.75) is 44.4 Å². The molecule has 0 spiro atoms. The van der Waals surface area contributed by atoms with Gasteiger partial charge in [-0.3, -0.25) is 9.59 Å².